The predicted octanol–water partition coefficient (Wildman–Crippen LogP) is 2.79. The summed E-state index contributed by atoms with van der Waals surface area (Å²) in [6.07, 6.45) is 5.31. The van der Waals surface area contributed by atoms with Crippen LogP contribution in [0.5, 0.6) is 0 Å². The molecule has 3 rings (SSSR count). The first-order chi connectivity index (χ1) is 10.2. The molecule has 2 heterocycles. The Morgan fingerprint density at radius 1 is 1.19 bits per heavy atom. The normalized spacial score (nSPS) is 12.5. The maximum absolute atomic E-state index is 6.33. The number of para-hydroxylation sites is 1. The van der Waals surface area contributed by atoms with Crippen LogP contribution in [0.25, 0.3) is 5.69 Å². The summed E-state index contributed by atoms with van der Waals surface area (Å²) in [7, 11) is 0. The summed E-state index contributed by atoms with van der Waals surface area (Å²) in [6.45, 7) is 2.73. The van der Waals surface area contributed by atoms with E-state index in [-0.39, 0.29) is 6.04 Å². The molecule has 0 saturated carbocycles. The SMILES string of the molecule is CCn1ncc(Cl)c1C(N)c1cnn(-c2ccccc2)c1. The Hall–Kier alpha value is -2.11. The van der Waals surface area contributed by atoms with E-state index in [9.17, 15) is 0 Å². The second-order valence-corrected chi connectivity index (χ2v) is 5.13. The predicted molar refractivity (Wildman–Crippen MR) is 82.5 cm³/mol. The van der Waals surface area contributed by atoms with Crippen LogP contribution in [0.15, 0.2) is 48.9 Å². The van der Waals surface area contributed by atoms with Gasteiger partial charge in [0.1, 0.15) is 0 Å². The number of hydrogen-bond acceptors (Lipinski definition) is 3. The smallest absolute Gasteiger partial charge is 0.0837 e. The molecule has 6 heteroatoms. The fourth-order valence-corrected chi connectivity index (χ4v) is 2.57. The second kappa shape index (κ2) is 5.71. The number of aryl methyl sites for hydroxylation is 1. The largest absolute Gasteiger partial charge is 0.319 e. The van der Waals surface area contributed by atoms with Crippen LogP contribution in [0, 0.1) is 0 Å². The monoisotopic (exact) mass is 301 g/mol. The van der Waals surface area contributed by atoms with Gasteiger partial charge in [0, 0.05) is 18.3 Å². The molecular weight excluding hydrogens is 286 g/mol. The molecule has 108 valence electrons. The lowest BCUT2D eigenvalue weighted by Gasteiger charge is -2.12. The zero-order chi connectivity index (χ0) is 14.8. The number of aromatic nitrogens is 4. The van der Waals surface area contributed by atoms with Crippen molar-refractivity contribution in [2.75, 3.05) is 0 Å². The van der Waals surface area contributed by atoms with Gasteiger partial charge < -0.3 is 5.73 Å². The highest BCUT2D eigenvalue weighted by atomic mass is 35.5. The molecule has 3 aromatic rings. The van der Waals surface area contributed by atoms with Gasteiger partial charge in [-0.15, -0.1) is 0 Å². The third-order valence-electron chi connectivity index (χ3n) is 3.41. The van der Waals surface area contributed by atoms with Gasteiger partial charge in [-0.1, -0.05) is 29.8 Å². The van der Waals surface area contributed by atoms with Gasteiger partial charge in [-0.05, 0) is 19.1 Å². The Bertz CT molecular complexity index is 732. The number of halogens is 1. The molecule has 2 aromatic heterocycles. The first kappa shape index (κ1) is 13.9. The maximum Gasteiger partial charge on any atom is 0.0837 e. The zero-order valence-electron chi connectivity index (χ0n) is 11.6. The van der Waals surface area contributed by atoms with E-state index in [1.54, 1.807) is 17.1 Å². The molecule has 0 radical (unpaired) electrons. The van der Waals surface area contributed by atoms with E-state index in [1.807, 2.05) is 48.1 Å². The van der Waals surface area contributed by atoms with Gasteiger partial charge in [0.15, 0.2) is 0 Å². The molecule has 2 N–H and O–H groups in total. The summed E-state index contributed by atoms with van der Waals surface area (Å²) in [5.41, 5.74) is 9.03. The fraction of sp³-hybridized carbons (Fsp3) is 0.200. The fourth-order valence-electron chi connectivity index (χ4n) is 2.31. The number of hydrogen-bond donors (Lipinski definition) is 1. The van der Waals surface area contributed by atoms with Gasteiger partial charge in [-0.25, -0.2) is 4.68 Å². The van der Waals surface area contributed by atoms with Crippen molar-refractivity contribution in [2.24, 2.45) is 5.73 Å². The van der Waals surface area contributed by atoms with E-state index in [0.717, 1.165) is 23.5 Å². The molecule has 0 aliphatic heterocycles. The van der Waals surface area contributed by atoms with Crippen LogP contribution < -0.4 is 5.73 Å². The minimum absolute atomic E-state index is 0.350. The molecule has 1 unspecified atom stereocenters. The van der Waals surface area contributed by atoms with Gasteiger partial charge in [-0.3, -0.25) is 4.68 Å². The summed E-state index contributed by atoms with van der Waals surface area (Å²) in [5, 5.41) is 9.17. The molecule has 5 nitrogen and oxygen atoms in total. The first-order valence-electron chi connectivity index (χ1n) is 6.77. The average molecular weight is 302 g/mol. The van der Waals surface area contributed by atoms with E-state index in [0.29, 0.717) is 5.02 Å². The summed E-state index contributed by atoms with van der Waals surface area (Å²) in [6, 6.07) is 9.55. The van der Waals surface area contributed by atoms with Crippen molar-refractivity contribution >= 4 is 11.6 Å². The lowest BCUT2D eigenvalue weighted by Crippen LogP contribution is -2.17. The molecule has 0 saturated heterocycles. The zero-order valence-corrected chi connectivity index (χ0v) is 12.4. The van der Waals surface area contributed by atoms with Crippen molar-refractivity contribution in [1.82, 2.24) is 19.6 Å². The van der Waals surface area contributed by atoms with E-state index in [1.165, 1.54) is 0 Å². The minimum Gasteiger partial charge on any atom is -0.319 e. The molecule has 0 spiro atoms. The van der Waals surface area contributed by atoms with Gasteiger partial charge in [0.2, 0.25) is 0 Å². The minimum atomic E-state index is -0.350. The lowest BCUT2D eigenvalue weighted by molar-refractivity contribution is 0.601. The summed E-state index contributed by atoms with van der Waals surface area (Å²) < 4.78 is 3.61. The van der Waals surface area contributed by atoms with Gasteiger partial charge in [0.05, 0.1) is 34.8 Å². The van der Waals surface area contributed by atoms with E-state index < -0.39 is 0 Å². The molecular formula is C15H16ClN5. The average Bonchev–Trinajstić information content (AvgIpc) is 3.14. The van der Waals surface area contributed by atoms with Crippen molar-refractivity contribution in [2.45, 2.75) is 19.5 Å². The number of benzene rings is 1. The highest BCUT2D eigenvalue weighted by molar-refractivity contribution is 6.31. The first-order valence-corrected chi connectivity index (χ1v) is 7.15. The highest BCUT2D eigenvalue weighted by Crippen LogP contribution is 2.26. The third kappa shape index (κ3) is 2.57. The van der Waals surface area contributed by atoms with Crippen LogP contribution in [-0.2, 0) is 6.54 Å². The van der Waals surface area contributed by atoms with Gasteiger partial charge in [0.25, 0.3) is 0 Å². The quantitative estimate of drug-likeness (QED) is 0.806. The van der Waals surface area contributed by atoms with E-state index in [2.05, 4.69) is 10.2 Å². The summed E-state index contributed by atoms with van der Waals surface area (Å²) in [4.78, 5) is 0. The second-order valence-electron chi connectivity index (χ2n) is 4.72. The molecule has 21 heavy (non-hydrogen) atoms. The van der Waals surface area contributed by atoms with Crippen LogP contribution in [0.1, 0.15) is 24.2 Å². The van der Waals surface area contributed by atoms with Crippen molar-refractivity contribution in [3.05, 3.63) is 65.2 Å². The molecule has 0 fully saturated rings. The van der Waals surface area contributed by atoms with Crippen LogP contribution in [-0.4, -0.2) is 19.6 Å². The highest BCUT2D eigenvalue weighted by Gasteiger charge is 2.19. The van der Waals surface area contributed by atoms with Crippen LogP contribution >= 0.6 is 11.6 Å². The molecule has 1 atom stereocenters. The lowest BCUT2D eigenvalue weighted by atomic mass is 10.1. The number of nitrogens with zero attached hydrogens (tertiary/aromatic N) is 4. The molecule has 0 bridgehead atoms. The van der Waals surface area contributed by atoms with Gasteiger partial charge in [-0.2, -0.15) is 10.2 Å². The van der Waals surface area contributed by atoms with Crippen molar-refractivity contribution in [3.8, 4) is 5.69 Å². The van der Waals surface area contributed by atoms with Crippen LogP contribution in [0.2, 0.25) is 5.02 Å². The van der Waals surface area contributed by atoms with E-state index >= 15 is 0 Å². The number of rotatable bonds is 4. The van der Waals surface area contributed by atoms with Gasteiger partial charge >= 0.3 is 0 Å². The van der Waals surface area contributed by atoms with Crippen LogP contribution in [0.4, 0.5) is 0 Å². The van der Waals surface area contributed by atoms with Crippen molar-refractivity contribution in [1.29, 1.82) is 0 Å². The Kier molecular flexibility index (Phi) is 3.77. The molecule has 1 aromatic carbocycles. The van der Waals surface area contributed by atoms with Crippen LogP contribution in [0.3, 0.4) is 0 Å². The number of nitrogens with two attached hydrogens (primary N) is 1. The summed E-state index contributed by atoms with van der Waals surface area (Å²) >= 11 is 6.20. The Labute approximate surface area is 127 Å². The Morgan fingerprint density at radius 2 is 1.95 bits per heavy atom. The molecule has 0 amide bonds. The van der Waals surface area contributed by atoms with Crippen molar-refractivity contribution < 1.29 is 0 Å². The maximum atomic E-state index is 6.33. The summed E-state index contributed by atoms with van der Waals surface area (Å²) in [5.74, 6) is 0. The Balaban J connectivity index is 1.94. The molecule has 0 aliphatic rings. The molecule has 0 aliphatic carbocycles. The third-order valence-corrected chi connectivity index (χ3v) is 3.70. The van der Waals surface area contributed by atoms with Crippen molar-refractivity contribution in [3.63, 3.8) is 0 Å². The topological polar surface area (TPSA) is 61.7 Å². The standard InChI is InChI=1S/C15H16ClN5/c1-2-20-15(13(16)9-19-20)14(17)11-8-18-21(10-11)12-6-4-3-5-7-12/h3-10,14H,2,17H2,1H3. The van der Waals surface area contributed by atoms with E-state index in [4.69, 9.17) is 17.3 Å². The Morgan fingerprint density at radius 3 is 2.67 bits per heavy atom.